The maximum Gasteiger partial charge on any atom is 0.134 e. The molecule has 0 atom stereocenters. The quantitative estimate of drug-likeness (QED) is 0.801. The lowest BCUT2D eigenvalue weighted by atomic mass is 9.78. The van der Waals surface area contributed by atoms with Gasteiger partial charge in [-0.25, -0.2) is 0 Å². The van der Waals surface area contributed by atoms with E-state index in [0.717, 1.165) is 28.1 Å². The molecule has 0 saturated carbocycles. The lowest BCUT2D eigenvalue weighted by molar-refractivity contribution is 0.396. The van der Waals surface area contributed by atoms with E-state index >= 15 is 0 Å². The van der Waals surface area contributed by atoms with Crippen LogP contribution in [-0.4, -0.2) is 10.3 Å². The first-order valence-corrected chi connectivity index (χ1v) is 7.98. The monoisotopic (exact) mass is 313 g/mol. The van der Waals surface area contributed by atoms with Gasteiger partial charge in [-0.3, -0.25) is 0 Å². The number of benzene rings is 1. The summed E-state index contributed by atoms with van der Waals surface area (Å²) in [7, 11) is 0. The minimum atomic E-state index is -0.127. The normalized spacial score (nSPS) is 13.0. The van der Waals surface area contributed by atoms with Crippen LogP contribution in [0.3, 0.4) is 0 Å². The molecule has 0 unspecified atom stereocenters. The van der Waals surface area contributed by atoms with Gasteiger partial charge in [-0.05, 0) is 41.5 Å². The Morgan fingerprint density at radius 2 is 1.43 bits per heavy atom. The number of phenols is 1. The standard InChI is InChI=1S/C20H27NO2/c1-13-10-15(21-23-13)9-8-14-11-16(19(2,3)4)18(22)17(12-14)20(5,6)7/h8-12,22H,1-7H3/b9-8+. The topological polar surface area (TPSA) is 46.3 Å². The zero-order valence-electron chi connectivity index (χ0n) is 15.2. The summed E-state index contributed by atoms with van der Waals surface area (Å²) in [6, 6.07) is 5.99. The Kier molecular flexibility index (Phi) is 4.43. The highest BCUT2D eigenvalue weighted by Crippen LogP contribution is 2.40. The Balaban J connectivity index is 2.53. The van der Waals surface area contributed by atoms with Crippen LogP contribution >= 0.6 is 0 Å². The number of aryl methyl sites for hydroxylation is 1. The van der Waals surface area contributed by atoms with Crippen LogP contribution in [0.25, 0.3) is 12.2 Å². The molecule has 3 heteroatoms. The molecule has 0 aliphatic heterocycles. The molecule has 23 heavy (non-hydrogen) atoms. The maximum absolute atomic E-state index is 10.7. The molecule has 0 amide bonds. The largest absolute Gasteiger partial charge is 0.507 e. The summed E-state index contributed by atoms with van der Waals surface area (Å²) in [6.07, 6.45) is 3.95. The highest BCUT2D eigenvalue weighted by molar-refractivity contribution is 5.70. The van der Waals surface area contributed by atoms with E-state index in [1.165, 1.54) is 0 Å². The van der Waals surface area contributed by atoms with Gasteiger partial charge in [0, 0.05) is 17.2 Å². The first kappa shape index (κ1) is 17.3. The molecular formula is C20H27NO2. The number of rotatable bonds is 2. The predicted octanol–water partition coefficient (Wildman–Crippen LogP) is 5.45. The van der Waals surface area contributed by atoms with E-state index in [9.17, 15) is 5.11 Å². The van der Waals surface area contributed by atoms with Crippen LogP contribution in [0.5, 0.6) is 5.75 Å². The van der Waals surface area contributed by atoms with Crippen molar-refractivity contribution in [2.75, 3.05) is 0 Å². The van der Waals surface area contributed by atoms with E-state index < -0.39 is 0 Å². The molecule has 0 spiro atoms. The van der Waals surface area contributed by atoms with Crippen molar-refractivity contribution < 1.29 is 9.63 Å². The third-order valence-electron chi connectivity index (χ3n) is 3.84. The van der Waals surface area contributed by atoms with Gasteiger partial charge in [0.1, 0.15) is 17.2 Å². The number of nitrogens with zero attached hydrogens (tertiary/aromatic N) is 1. The summed E-state index contributed by atoms with van der Waals surface area (Å²) in [4.78, 5) is 0. The SMILES string of the molecule is Cc1cc(/C=C/c2cc(C(C)(C)C)c(O)c(C(C)(C)C)c2)no1. The van der Waals surface area contributed by atoms with Gasteiger partial charge in [-0.1, -0.05) is 52.8 Å². The van der Waals surface area contributed by atoms with Gasteiger partial charge in [-0.15, -0.1) is 0 Å². The number of aromatic nitrogens is 1. The molecule has 1 aromatic heterocycles. The lowest BCUT2D eigenvalue weighted by Gasteiger charge is -2.27. The molecule has 2 aromatic rings. The Hall–Kier alpha value is -2.03. The second-order valence-corrected chi connectivity index (χ2v) is 8.16. The molecule has 0 radical (unpaired) electrons. The first-order valence-electron chi connectivity index (χ1n) is 7.98. The van der Waals surface area contributed by atoms with E-state index in [4.69, 9.17) is 4.52 Å². The first-order chi connectivity index (χ1) is 10.5. The van der Waals surface area contributed by atoms with Crippen molar-refractivity contribution in [1.82, 2.24) is 5.16 Å². The summed E-state index contributed by atoms with van der Waals surface area (Å²) >= 11 is 0. The zero-order chi connectivity index (χ0) is 17.4. The summed E-state index contributed by atoms with van der Waals surface area (Å²) in [5, 5.41) is 14.7. The molecule has 1 N–H and O–H groups in total. The van der Waals surface area contributed by atoms with Crippen molar-refractivity contribution in [3.05, 3.63) is 46.3 Å². The van der Waals surface area contributed by atoms with Crippen LogP contribution in [0.1, 0.15) is 69.7 Å². The smallest absolute Gasteiger partial charge is 0.134 e. The van der Waals surface area contributed by atoms with Gasteiger partial charge in [0.15, 0.2) is 0 Å². The Labute approximate surface area is 139 Å². The summed E-state index contributed by atoms with van der Waals surface area (Å²) in [5.74, 6) is 1.19. The van der Waals surface area contributed by atoms with Crippen molar-refractivity contribution in [3.8, 4) is 5.75 Å². The van der Waals surface area contributed by atoms with Gasteiger partial charge in [0.05, 0.1) is 0 Å². The number of hydrogen-bond donors (Lipinski definition) is 1. The summed E-state index contributed by atoms with van der Waals surface area (Å²) < 4.78 is 5.09. The molecular weight excluding hydrogens is 286 g/mol. The van der Waals surface area contributed by atoms with Crippen molar-refractivity contribution >= 4 is 12.2 Å². The van der Waals surface area contributed by atoms with Crippen molar-refractivity contribution in [1.29, 1.82) is 0 Å². The molecule has 0 aliphatic rings. The predicted molar refractivity (Wildman–Crippen MR) is 95.7 cm³/mol. The van der Waals surface area contributed by atoms with Crippen LogP contribution in [-0.2, 0) is 10.8 Å². The van der Waals surface area contributed by atoms with Gasteiger partial charge >= 0.3 is 0 Å². The van der Waals surface area contributed by atoms with Gasteiger partial charge in [-0.2, -0.15) is 0 Å². The van der Waals surface area contributed by atoms with Gasteiger partial charge in [0.25, 0.3) is 0 Å². The van der Waals surface area contributed by atoms with Gasteiger partial charge in [0.2, 0.25) is 0 Å². The fourth-order valence-corrected chi connectivity index (χ4v) is 2.54. The molecule has 0 saturated heterocycles. The molecule has 0 bridgehead atoms. The Morgan fingerprint density at radius 3 is 1.83 bits per heavy atom. The zero-order valence-corrected chi connectivity index (χ0v) is 15.2. The van der Waals surface area contributed by atoms with Crippen LogP contribution in [0.4, 0.5) is 0 Å². The second kappa shape index (κ2) is 5.88. The number of aromatic hydroxyl groups is 1. The van der Waals surface area contributed by atoms with E-state index in [-0.39, 0.29) is 10.8 Å². The summed E-state index contributed by atoms with van der Waals surface area (Å²) in [6.45, 7) is 14.6. The van der Waals surface area contributed by atoms with Crippen molar-refractivity contribution in [3.63, 3.8) is 0 Å². The van der Waals surface area contributed by atoms with E-state index in [1.54, 1.807) is 0 Å². The molecule has 1 aromatic carbocycles. The third-order valence-corrected chi connectivity index (χ3v) is 3.84. The molecule has 124 valence electrons. The number of hydrogen-bond acceptors (Lipinski definition) is 3. The third kappa shape index (κ3) is 4.04. The number of phenolic OH excluding ortho intramolecular Hbond substituents is 1. The fraction of sp³-hybridized carbons (Fsp3) is 0.450. The molecule has 1 heterocycles. The minimum absolute atomic E-state index is 0.127. The average Bonchev–Trinajstić information content (AvgIpc) is 2.80. The van der Waals surface area contributed by atoms with Gasteiger partial charge < -0.3 is 9.63 Å². The maximum atomic E-state index is 10.7. The van der Waals surface area contributed by atoms with Crippen LogP contribution < -0.4 is 0 Å². The average molecular weight is 313 g/mol. The minimum Gasteiger partial charge on any atom is -0.507 e. The van der Waals surface area contributed by atoms with Crippen LogP contribution in [0.2, 0.25) is 0 Å². The molecule has 2 rings (SSSR count). The second-order valence-electron chi connectivity index (χ2n) is 8.16. The Bertz CT molecular complexity index is 690. The Morgan fingerprint density at radius 1 is 0.913 bits per heavy atom. The highest BCUT2D eigenvalue weighted by atomic mass is 16.5. The molecule has 3 nitrogen and oxygen atoms in total. The molecule has 0 aliphatic carbocycles. The lowest BCUT2D eigenvalue weighted by Crippen LogP contribution is -2.17. The van der Waals surface area contributed by atoms with Crippen LogP contribution in [0, 0.1) is 6.92 Å². The van der Waals surface area contributed by atoms with E-state index in [2.05, 4.69) is 46.7 Å². The van der Waals surface area contributed by atoms with E-state index in [1.807, 2.05) is 37.3 Å². The summed E-state index contributed by atoms with van der Waals surface area (Å²) in [5.41, 5.74) is 3.52. The fourth-order valence-electron chi connectivity index (χ4n) is 2.54. The van der Waals surface area contributed by atoms with Crippen molar-refractivity contribution in [2.45, 2.75) is 59.3 Å². The van der Waals surface area contributed by atoms with Crippen LogP contribution in [0.15, 0.2) is 22.7 Å². The van der Waals surface area contributed by atoms with E-state index in [0.29, 0.717) is 5.75 Å². The molecule has 0 fully saturated rings. The van der Waals surface area contributed by atoms with Crippen molar-refractivity contribution in [2.24, 2.45) is 0 Å². The highest BCUT2D eigenvalue weighted by Gasteiger charge is 2.26.